The molecule has 2 heterocycles. The van der Waals surface area contributed by atoms with Gasteiger partial charge in [0.2, 0.25) is 6.79 Å². The van der Waals surface area contributed by atoms with Gasteiger partial charge in [-0.1, -0.05) is 31.2 Å². The van der Waals surface area contributed by atoms with E-state index in [0.29, 0.717) is 17.9 Å². The summed E-state index contributed by atoms with van der Waals surface area (Å²) in [5.41, 5.74) is 0.866. The molecule has 0 saturated carbocycles. The molecule has 108 valence electrons. The lowest BCUT2D eigenvalue weighted by atomic mass is 10.1. The number of aliphatic hydroxyl groups is 2. The Balaban J connectivity index is 1.77. The highest BCUT2D eigenvalue weighted by atomic mass is 16.7. The lowest BCUT2D eigenvalue weighted by molar-refractivity contribution is 0.0195. The van der Waals surface area contributed by atoms with Crippen LogP contribution in [0.25, 0.3) is 6.08 Å². The molecule has 0 radical (unpaired) electrons. The van der Waals surface area contributed by atoms with Crippen LogP contribution in [-0.2, 0) is 4.74 Å². The number of benzene rings is 1. The Morgan fingerprint density at radius 2 is 2.10 bits per heavy atom. The number of para-hydroxylation sites is 1. The molecule has 0 aliphatic carbocycles. The second-order valence-corrected chi connectivity index (χ2v) is 4.97. The summed E-state index contributed by atoms with van der Waals surface area (Å²) in [7, 11) is 0. The number of fused-ring (bicyclic) bond motifs is 1. The predicted molar refractivity (Wildman–Crippen MR) is 72.6 cm³/mol. The largest absolute Gasteiger partial charge is 0.454 e. The van der Waals surface area contributed by atoms with E-state index in [4.69, 9.17) is 14.2 Å². The molecule has 1 saturated heterocycles. The number of ether oxygens (including phenoxy) is 3. The summed E-state index contributed by atoms with van der Waals surface area (Å²) in [6.45, 7) is 2.14. The molecule has 0 unspecified atom stereocenters. The van der Waals surface area contributed by atoms with Crippen LogP contribution >= 0.6 is 0 Å². The van der Waals surface area contributed by atoms with E-state index in [2.05, 4.69) is 0 Å². The van der Waals surface area contributed by atoms with E-state index in [1.54, 1.807) is 6.08 Å². The first-order valence-corrected chi connectivity index (χ1v) is 6.79. The smallest absolute Gasteiger partial charge is 0.231 e. The van der Waals surface area contributed by atoms with Crippen LogP contribution in [0.15, 0.2) is 24.3 Å². The van der Waals surface area contributed by atoms with Crippen LogP contribution in [0.4, 0.5) is 0 Å². The zero-order valence-electron chi connectivity index (χ0n) is 11.2. The summed E-state index contributed by atoms with van der Waals surface area (Å²) in [6.07, 6.45) is 1.68. The zero-order valence-corrected chi connectivity index (χ0v) is 11.2. The minimum absolute atomic E-state index is 0.222. The van der Waals surface area contributed by atoms with Crippen LogP contribution < -0.4 is 9.47 Å². The first kappa shape index (κ1) is 13.4. The lowest BCUT2D eigenvalue weighted by Gasteiger charge is -2.11. The van der Waals surface area contributed by atoms with Gasteiger partial charge in [-0.15, -0.1) is 0 Å². The second kappa shape index (κ2) is 5.44. The molecule has 2 N–H and O–H groups in total. The minimum atomic E-state index is -0.898. The van der Waals surface area contributed by atoms with Gasteiger partial charge in [0.15, 0.2) is 11.5 Å². The van der Waals surface area contributed by atoms with Gasteiger partial charge >= 0.3 is 0 Å². The van der Waals surface area contributed by atoms with Gasteiger partial charge in [0.1, 0.15) is 18.3 Å². The van der Waals surface area contributed by atoms with Crippen molar-refractivity contribution in [3.05, 3.63) is 29.8 Å². The number of hydrogen-bond acceptors (Lipinski definition) is 5. The Labute approximate surface area is 117 Å². The van der Waals surface area contributed by atoms with Gasteiger partial charge in [-0.05, 0) is 12.5 Å². The average Bonchev–Trinajstić information content (AvgIpc) is 3.04. The predicted octanol–water partition coefficient (Wildman–Crippen LogP) is 1.33. The molecular weight excluding hydrogens is 260 g/mol. The van der Waals surface area contributed by atoms with E-state index in [9.17, 15) is 10.2 Å². The zero-order chi connectivity index (χ0) is 14.1. The van der Waals surface area contributed by atoms with Gasteiger partial charge in [0.25, 0.3) is 0 Å². The maximum absolute atomic E-state index is 9.95. The van der Waals surface area contributed by atoms with Crippen LogP contribution in [0.2, 0.25) is 0 Å². The summed E-state index contributed by atoms with van der Waals surface area (Å²) >= 11 is 0. The van der Waals surface area contributed by atoms with E-state index in [1.807, 2.05) is 31.2 Å². The Kier molecular flexibility index (Phi) is 3.65. The number of aliphatic hydroxyl groups excluding tert-OH is 2. The molecule has 1 aromatic carbocycles. The first-order valence-electron chi connectivity index (χ1n) is 6.79. The van der Waals surface area contributed by atoms with Gasteiger partial charge < -0.3 is 24.4 Å². The molecule has 1 fully saturated rings. The van der Waals surface area contributed by atoms with Gasteiger partial charge in [-0.3, -0.25) is 0 Å². The van der Waals surface area contributed by atoms with Crippen LogP contribution in [0.3, 0.4) is 0 Å². The SMILES string of the molecule is CC[C@@H]1O[C@H](/C=C/c2cccc3c2OCO3)[C@@H](O)[C@H]1O. The molecule has 5 heteroatoms. The summed E-state index contributed by atoms with van der Waals surface area (Å²) in [5.74, 6) is 1.41. The standard InChI is InChI=1S/C15H18O5/c1-2-10-13(16)14(17)11(20-10)7-6-9-4-3-5-12-15(9)19-8-18-12/h3-7,10-11,13-14,16-17H,2,8H2,1H3/b7-6+/t10-,11+,13-,14+/m0/s1. The fourth-order valence-electron chi connectivity index (χ4n) is 2.56. The van der Waals surface area contributed by atoms with E-state index >= 15 is 0 Å². The van der Waals surface area contributed by atoms with Crippen molar-refractivity contribution in [3.8, 4) is 11.5 Å². The van der Waals surface area contributed by atoms with Gasteiger partial charge in [-0.25, -0.2) is 0 Å². The van der Waals surface area contributed by atoms with Crippen LogP contribution in [0, 0.1) is 0 Å². The Morgan fingerprint density at radius 1 is 1.25 bits per heavy atom. The quantitative estimate of drug-likeness (QED) is 0.873. The Hall–Kier alpha value is -1.56. The molecule has 0 aromatic heterocycles. The summed E-state index contributed by atoms with van der Waals surface area (Å²) in [6, 6.07) is 5.62. The van der Waals surface area contributed by atoms with E-state index in [1.165, 1.54) is 0 Å². The monoisotopic (exact) mass is 278 g/mol. The third kappa shape index (κ3) is 2.28. The normalized spacial score (nSPS) is 32.1. The molecule has 0 bridgehead atoms. The van der Waals surface area contributed by atoms with Crippen LogP contribution in [0.5, 0.6) is 11.5 Å². The minimum Gasteiger partial charge on any atom is -0.454 e. The van der Waals surface area contributed by atoms with E-state index in [-0.39, 0.29) is 12.9 Å². The summed E-state index contributed by atoms with van der Waals surface area (Å²) < 4.78 is 16.3. The van der Waals surface area contributed by atoms with Crippen molar-refractivity contribution in [1.29, 1.82) is 0 Å². The Bertz CT molecular complexity index is 513. The van der Waals surface area contributed by atoms with Gasteiger partial charge in [-0.2, -0.15) is 0 Å². The molecule has 0 amide bonds. The molecule has 20 heavy (non-hydrogen) atoms. The van der Waals surface area contributed by atoms with Crippen molar-refractivity contribution in [2.24, 2.45) is 0 Å². The van der Waals surface area contributed by atoms with Crippen molar-refractivity contribution in [3.63, 3.8) is 0 Å². The van der Waals surface area contributed by atoms with Crippen LogP contribution in [-0.4, -0.2) is 41.4 Å². The van der Waals surface area contributed by atoms with Crippen molar-refractivity contribution in [2.75, 3.05) is 6.79 Å². The average molecular weight is 278 g/mol. The van der Waals surface area contributed by atoms with E-state index in [0.717, 1.165) is 5.56 Å². The molecule has 2 aliphatic rings. The van der Waals surface area contributed by atoms with Crippen LogP contribution in [0.1, 0.15) is 18.9 Å². The highest BCUT2D eigenvalue weighted by Gasteiger charge is 2.40. The number of rotatable bonds is 3. The molecule has 0 spiro atoms. The number of hydrogen-bond donors (Lipinski definition) is 2. The van der Waals surface area contributed by atoms with Gasteiger partial charge in [0, 0.05) is 5.56 Å². The summed E-state index contributed by atoms with van der Waals surface area (Å²) in [5, 5.41) is 19.8. The van der Waals surface area contributed by atoms with Crippen molar-refractivity contribution >= 4 is 6.08 Å². The van der Waals surface area contributed by atoms with Crippen molar-refractivity contribution in [2.45, 2.75) is 37.8 Å². The highest BCUT2D eigenvalue weighted by molar-refractivity contribution is 5.63. The fourth-order valence-corrected chi connectivity index (χ4v) is 2.56. The third-order valence-electron chi connectivity index (χ3n) is 3.69. The topological polar surface area (TPSA) is 68.2 Å². The molecule has 4 atom stereocenters. The maximum Gasteiger partial charge on any atom is 0.231 e. The lowest BCUT2D eigenvalue weighted by Crippen LogP contribution is -2.31. The molecule has 3 rings (SSSR count). The van der Waals surface area contributed by atoms with Crippen molar-refractivity contribution in [1.82, 2.24) is 0 Å². The van der Waals surface area contributed by atoms with E-state index < -0.39 is 18.3 Å². The fraction of sp³-hybridized carbons (Fsp3) is 0.467. The Morgan fingerprint density at radius 3 is 2.85 bits per heavy atom. The van der Waals surface area contributed by atoms with Gasteiger partial charge in [0.05, 0.1) is 6.10 Å². The molecular formula is C15H18O5. The summed E-state index contributed by atoms with van der Waals surface area (Å²) in [4.78, 5) is 0. The highest BCUT2D eigenvalue weighted by Crippen LogP contribution is 2.36. The maximum atomic E-state index is 9.95. The van der Waals surface area contributed by atoms with Crippen molar-refractivity contribution < 1.29 is 24.4 Å². The molecule has 5 nitrogen and oxygen atoms in total. The molecule has 1 aromatic rings. The third-order valence-corrected chi connectivity index (χ3v) is 3.69. The second-order valence-electron chi connectivity index (χ2n) is 4.97. The first-order chi connectivity index (χ1) is 9.70. The molecule has 2 aliphatic heterocycles.